The molecule has 10 heteroatoms. The van der Waals surface area contributed by atoms with Crippen molar-refractivity contribution < 1.29 is 23.6 Å². The minimum atomic E-state index is -0.612. The lowest BCUT2D eigenvalue weighted by atomic mass is 9.78. The molecule has 0 spiro atoms. The normalized spacial score (nSPS) is 21.7. The Bertz CT molecular complexity index is 1150. The summed E-state index contributed by atoms with van der Waals surface area (Å²) in [6.45, 7) is 2.09. The second kappa shape index (κ2) is 10.4. The Morgan fingerprint density at radius 2 is 1.94 bits per heavy atom. The molecule has 1 aromatic heterocycles. The second-order valence-electron chi connectivity index (χ2n) is 9.21. The molecular formula is C25H30FN5O4. The Kier molecular flexibility index (Phi) is 7.28. The van der Waals surface area contributed by atoms with Gasteiger partial charge in [-0.25, -0.2) is 14.4 Å². The molecule has 9 nitrogen and oxygen atoms in total. The van der Waals surface area contributed by atoms with Crippen molar-refractivity contribution in [2.24, 2.45) is 22.7 Å². The van der Waals surface area contributed by atoms with Gasteiger partial charge in [-0.1, -0.05) is 11.2 Å². The summed E-state index contributed by atoms with van der Waals surface area (Å²) in [5.41, 5.74) is 7.56. The fourth-order valence-electron chi connectivity index (χ4n) is 4.85. The largest absolute Gasteiger partial charge is 0.494 e. The summed E-state index contributed by atoms with van der Waals surface area (Å²) in [6, 6.07) is 6.19. The van der Waals surface area contributed by atoms with Crippen LogP contribution < -0.4 is 10.5 Å². The molecule has 0 bridgehead atoms. The summed E-state index contributed by atoms with van der Waals surface area (Å²) in [5, 5.41) is 4.22. The molecular weight excluding hydrogens is 453 g/mol. The van der Waals surface area contributed by atoms with Crippen molar-refractivity contribution >= 4 is 17.5 Å². The monoisotopic (exact) mass is 483 g/mol. The quantitative estimate of drug-likeness (QED) is 0.647. The van der Waals surface area contributed by atoms with Crippen molar-refractivity contribution in [3.05, 3.63) is 52.9 Å². The van der Waals surface area contributed by atoms with Crippen molar-refractivity contribution in [2.75, 3.05) is 14.2 Å². The van der Waals surface area contributed by atoms with Crippen LogP contribution in [0, 0.1) is 24.6 Å². The molecule has 1 unspecified atom stereocenters. The minimum absolute atomic E-state index is 0.0528. The van der Waals surface area contributed by atoms with E-state index in [9.17, 15) is 14.0 Å². The van der Waals surface area contributed by atoms with Gasteiger partial charge in [-0.3, -0.25) is 9.59 Å². The number of carbonyl (C=O) groups is 2. The van der Waals surface area contributed by atoms with Crippen molar-refractivity contribution in [3.8, 4) is 5.75 Å². The Hall–Kier alpha value is -3.56. The first-order valence-corrected chi connectivity index (χ1v) is 11.7. The van der Waals surface area contributed by atoms with Gasteiger partial charge in [0, 0.05) is 25.9 Å². The number of aromatic nitrogens is 2. The first kappa shape index (κ1) is 24.6. The first-order valence-electron chi connectivity index (χ1n) is 11.7. The molecule has 1 aromatic carbocycles. The zero-order valence-electron chi connectivity index (χ0n) is 20.2. The van der Waals surface area contributed by atoms with Gasteiger partial charge in [-0.05, 0) is 62.3 Å². The van der Waals surface area contributed by atoms with E-state index in [2.05, 4.69) is 15.1 Å². The molecule has 2 heterocycles. The third-order valence-corrected chi connectivity index (χ3v) is 6.74. The fraction of sp³-hybridized carbons (Fsp3) is 0.480. The molecule has 186 valence electrons. The van der Waals surface area contributed by atoms with Gasteiger partial charge in [0.15, 0.2) is 11.6 Å². The van der Waals surface area contributed by atoms with E-state index >= 15 is 0 Å². The van der Waals surface area contributed by atoms with E-state index < -0.39 is 11.7 Å². The highest BCUT2D eigenvalue weighted by Gasteiger charge is 2.36. The summed E-state index contributed by atoms with van der Waals surface area (Å²) in [5.74, 6) is -0.0954. The van der Waals surface area contributed by atoms with E-state index in [1.807, 2.05) is 0 Å². The van der Waals surface area contributed by atoms with Crippen LogP contribution in [0.3, 0.4) is 0 Å². The lowest BCUT2D eigenvalue weighted by molar-refractivity contribution is -0.136. The molecule has 1 saturated carbocycles. The van der Waals surface area contributed by atoms with Gasteiger partial charge in [-0.2, -0.15) is 0 Å². The highest BCUT2D eigenvalue weighted by molar-refractivity contribution is 6.01. The van der Waals surface area contributed by atoms with Crippen LogP contribution in [-0.2, 0) is 16.2 Å². The number of methoxy groups -OCH3 is 1. The van der Waals surface area contributed by atoms with E-state index in [1.54, 1.807) is 37.1 Å². The first-order chi connectivity index (χ1) is 16.7. The smallest absolute Gasteiger partial charge is 0.267 e. The van der Waals surface area contributed by atoms with Crippen LogP contribution in [0.15, 0.2) is 29.4 Å². The second-order valence-corrected chi connectivity index (χ2v) is 9.21. The topological polar surface area (TPSA) is 120 Å². The number of primary amides is 1. The van der Waals surface area contributed by atoms with Gasteiger partial charge in [-0.15, -0.1) is 0 Å². The van der Waals surface area contributed by atoms with Crippen molar-refractivity contribution in [1.82, 2.24) is 14.9 Å². The third-order valence-electron chi connectivity index (χ3n) is 6.74. The van der Waals surface area contributed by atoms with Gasteiger partial charge in [0.2, 0.25) is 5.91 Å². The van der Waals surface area contributed by atoms with Crippen molar-refractivity contribution in [1.29, 1.82) is 0 Å². The van der Waals surface area contributed by atoms with E-state index in [0.717, 1.165) is 31.2 Å². The number of hydrogen-bond donors (Lipinski definition) is 1. The Balaban J connectivity index is 1.30. The number of benzene rings is 1. The molecule has 1 atom stereocenters. The number of halogens is 1. The van der Waals surface area contributed by atoms with Crippen LogP contribution in [0.4, 0.5) is 4.39 Å². The number of ether oxygens (including phenoxy) is 1. The molecule has 1 aliphatic heterocycles. The average molecular weight is 484 g/mol. The maximum atomic E-state index is 13.7. The Labute approximate surface area is 203 Å². The summed E-state index contributed by atoms with van der Waals surface area (Å²) >= 11 is 0. The lowest BCUT2D eigenvalue weighted by Gasteiger charge is -2.32. The van der Waals surface area contributed by atoms with Crippen LogP contribution in [0.1, 0.15) is 59.7 Å². The molecule has 0 saturated heterocycles. The van der Waals surface area contributed by atoms with Gasteiger partial charge < -0.3 is 20.2 Å². The van der Waals surface area contributed by atoms with E-state index in [-0.39, 0.29) is 35.3 Å². The molecule has 2 N–H and O–H groups in total. The average Bonchev–Trinajstić information content (AvgIpc) is 3.35. The summed E-state index contributed by atoms with van der Waals surface area (Å²) in [7, 11) is 3.19. The maximum absolute atomic E-state index is 13.7. The fourth-order valence-corrected chi connectivity index (χ4v) is 4.85. The Morgan fingerprint density at radius 1 is 1.20 bits per heavy atom. The van der Waals surface area contributed by atoms with Crippen molar-refractivity contribution in [3.63, 3.8) is 0 Å². The predicted molar refractivity (Wildman–Crippen MR) is 126 cm³/mol. The van der Waals surface area contributed by atoms with Crippen LogP contribution in [-0.4, -0.2) is 52.7 Å². The summed E-state index contributed by atoms with van der Waals surface area (Å²) in [4.78, 5) is 40.4. The number of amides is 2. The number of rotatable bonds is 7. The molecule has 2 amide bonds. The highest BCUT2D eigenvalue weighted by Crippen LogP contribution is 2.36. The van der Waals surface area contributed by atoms with Gasteiger partial charge >= 0.3 is 0 Å². The lowest BCUT2D eigenvalue weighted by Crippen LogP contribution is -2.36. The molecule has 0 radical (unpaired) electrons. The van der Waals surface area contributed by atoms with Crippen LogP contribution in [0.25, 0.3) is 0 Å². The van der Waals surface area contributed by atoms with Gasteiger partial charge in [0.25, 0.3) is 5.91 Å². The number of aryl methyl sites for hydroxylation is 1. The number of hydrogen-bond acceptors (Lipinski definition) is 7. The van der Waals surface area contributed by atoms with Crippen LogP contribution >= 0.6 is 0 Å². The van der Waals surface area contributed by atoms with E-state index in [0.29, 0.717) is 30.2 Å². The van der Waals surface area contributed by atoms with Gasteiger partial charge in [0.05, 0.1) is 12.8 Å². The van der Waals surface area contributed by atoms with E-state index in [4.69, 9.17) is 15.3 Å². The van der Waals surface area contributed by atoms with Crippen LogP contribution in [0.2, 0.25) is 0 Å². The van der Waals surface area contributed by atoms with E-state index in [1.165, 1.54) is 13.2 Å². The SMILES string of the molecule is COc1cc(CN(C)C(=O)C2CCC(C3CC(c4cc(C(N)=O)nc(C)n4)=NO3)CC2)ccc1F. The predicted octanol–water partition coefficient (Wildman–Crippen LogP) is 2.99. The standard InChI is InChI=1S/C25H30FN5O4/c1-14-28-19(11-21(29-14)24(27)32)20-12-22(35-30-20)16-5-7-17(8-6-16)25(33)31(2)13-15-4-9-18(26)23(10-15)34-3/h4,9-11,16-17,22H,5-8,12-13H2,1-3H3,(H2,27,32). The minimum Gasteiger partial charge on any atom is -0.494 e. The number of nitrogens with two attached hydrogens (primary N) is 1. The van der Waals surface area contributed by atoms with Crippen molar-refractivity contribution in [2.45, 2.75) is 51.7 Å². The zero-order chi connectivity index (χ0) is 25.1. The molecule has 2 aromatic rings. The molecule has 2 aliphatic rings. The molecule has 1 fully saturated rings. The number of nitrogens with zero attached hydrogens (tertiary/aromatic N) is 4. The number of carbonyl (C=O) groups excluding carboxylic acids is 2. The summed E-state index contributed by atoms with van der Waals surface area (Å²) < 4.78 is 18.7. The number of oxime groups is 1. The third kappa shape index (κ3) is 5.58. The van der Waals surface area contributed by atoms with Crippen LogP contribution in [0.5, 0.6) is 5.75 Å². The zero-order valence-corrected chi connectivity index (χ0v) is 20.2. The maximum Gasteiger partial charge on any atom is 0.267 e. The summed E-state index contributed by atoms with van der Waals surface area (Å²) in [6.07, 6.45) is 3.76. The molecule has 35 heavy (non-hydrogen) atoms. The van der Waals surface area contributed by atoms with Gasteiger partial charge in [0.1, 0.15) is 23.3 Å². The molecule has 1 aliphatic carbocycles. The molecule has 4 rings (SSSR count). The highest BCUT2D eigenvalue weighted by atomic mass is 19.1. The Morgan fingerprint density at radius 3 is 2.63 bits per heavy atom.